The third-order valence-corrected chi connectivity index (χ3v) is 2.08. The fourth-order valence-electron chi connectivity index (χ4n) is 1.20. The largest absolute Gasteiger partial charge is 0.356 e. The molecule has 1 aromatic carbocycles. The van der Waals surface area contributed by atoms with Crippen molar-refractivity contribution in [3.63, 3.8) is 0 Å². The maximum absolute atomic E-state index is 5.68. The lowest BCUT2D eigenvalue weighted by atomic mass is 10.1. The van der Waals surface area contributed by atoms with Crippen LogP contribution in [0.5, 0.6) is 0 Å². The zero-order chi connectivity index (χ0) is 8.55. The van der Waals surface area contributed by atoms with Crippen LogP contribution in [-0.2, 0) is 5.88 Å². The Morgan fingerprint density at radius 3 is 3.08 bits per heavy atom. The predicted molar refractivity (Wildman–Crippen MR) is 48.3 cm³/mol. The number of nitrogens with zero attached hydrogens (tertiary/aromatic N) is 1. The Kier molecular flexibility index (Phi) is 1.77. The number of alkyl halides is 1. The van der Waals surface area contributed by atoms with E-state index in [1.165, 1.54) is 5.56 Å². The van der Waals surface area contributed by atoms with E-state index < -0.39 is 0 Å². The van der Waals surface area contributed by atoms with Crippen molar-refractivity contribution in [1.82, 2.24) is 5.16 Å². The van der Waals surface area contributed by atoms with E-state index in [0.29, 0.717) is 5.88 Å². The summed E-state index contributed by atoms with van der Waals surface area (Å²) in [5.41, 5.74) is 2.81. The Morgan fingerprint density at radius 1 is 1.50 bits per heavy atom. The summed E-state index contributed by atoms with van der Waals surface area (Å²) in [5, 5.41) is 4.87. The van der Waals surface area contributed by atoms with Crippen LogP contribution in [0.2, 0.25) is 0 Å². The molecule has 1 aromatic heterocycles. The highest BCUT2D eigenvalue weighted by Crippen LogP contribution is 2.20. The number of rotatable bonds is 1. The smallest absolute Gasteiger partial charge is 0.167 e. The minimum Gasteiger partial charge on any atom is -0.356 e. The number of aromatic nitrogens is 1. The summed E-state index contributed by atoms with van der Waals surface area (Å²) >= 11 is 5.68. The first-order valence-electron chi connectivity index (χ1n) is 3.72. The van der Waals surface area contributed by atoms with Crippen LogP contribution < -0.4 is 0 Å². The van der Waals surface area contributed by atoms with E-state index in [0.717, 1.165) is 16.7 Å². The summed E-state index contributed by atoms with van der Waals surface area (Å²) in [6.45, 7) is 2.03. The third kappa shape index (κ3) is 1.08. The molecular formula is C9H8ClNO. The van der Waals surface area contributed by atoms with Gasteiger partial charge < -0.3 is 4.52 Å². The third-order valence-electron chi connectivity index (χ3n) is 1.83. The van der Waals surface area contributed by atoms with Gasteiger partial charge in [-0.25, -0.2) is 0 Å². The lowest BCUT2D eigenvalue weighted by Gasteiger charge is -1.90. The molecule has 0 saturated carbocycles. The van der Waals surface area contributed by atoms with Crippen molar-refractivity contribution in [2.24, 2.45) is 0 Å². The monoisotopic (exact) mass is 181 g/mol. The van der Waals surface area contributed by atoms with Gasteiger partial charge in [0.2, 0.25) is 0 Å². The summed E-state index contributed by atoms with van der Waals surface area (Å²) in [4.78, 5) is 0. The number of aryl methyl sites for hydroxylation is 1. The standard InChI is InChI=1S/C9H8ClNO/c1-6-2-3-9-7(4-6)8(5-10)11-12-9/h2-4H,5H2,1H3. The minimum atomic E-state index is 0.399. The van der Waals surface area contributed by atoms with Crippen molar-refractivity contribution in [2.45, 2.75) is 12.8 Å². The number of halogens is 1. The van der Waals surface area contributed by atoms with Crippen molar-refractivity contribution in [2.75, 3.05) is 0 Å². The van der Waals surface area contributed by atoms with Crippen molar-refractivity contribution in [1.29, 1.82) is 0 Å². The fourth-order valence-corrected chi connectivity index (χ4v) is 1.39. The first-order chi connectivity index (χ1) is 5.81. The van der Waals surface area contributed by atoms with Crippen LogP contribution in [0.15, 0.2) is 22.7 Å². The van der Waals surface area contributed by atoms with Crippen LogP contribution >= 0.6 is 11.6 Å². The molecule has 0 bridgehead atoms. The SMILES string of the molecule is Cc1ccc2onc(CCl)c2c1. The van der Waals surface area contributed by atoms with E-state index in [1.54, 1.807) is 0 Å². The van der Waals surface area contributed by atoms with Crippen LogP contribution in [0, 0.1) is 6.92 Å². The second-order valence-electron chi connectivity index (χ2n) is 2.76. The quantitative estimate of drug-likeness (QED) is 0.633. The molecule has 2 aromatic rings. The molecule has 0 N–H and O–H groups in total. The van der Waals surface area contributed by atoms with E-state index in [9.17, 15) is 0 Å². The maximum Gasteiger partial charge on any atom is 0.167 e. The van der Waals surface area contributed by atoms with Crippen LogP contribution in [0.4, 0.5) is 0 Å². The second-order valence-corrected chi connectivity index (χ2v) is 3.03. The van der Waals surface area contributed by atoms with E-state index in [2.05, 4.69) is 5.16 Å². The van der Waals surface area contributed by atoms with Gasteiger partial charge in [0, 0.05) is 5.39 Å². The first-order valence-corrected chi connectivity index (χ1v) is 4.25. The van der Waals surface area contributed by atoms with E-state index >= 15 is 0 Å². The average molecular weight is 182 g/mol. The zero-order valence-electron chi connectivity index (χ0n) is 6.67. The molecule has 62 valence electrons. The number of hydrogen-bond donors (Lipinski definition) is 0. The molecular weight excluding hydrogens is 174 g/mol. The first kappa shape index (κ1) is 7.62. The number of hydrogen-bond acceptors (Lipinski definition) is 2. The van der Waals surface area contributed by atoms with Crippen molar-refractivity contribution < 1.29 is 4.52 Å². The maximum atomic E-state index is 5.68. The van der Waals surface area contributed by atoms with Crippen LogP contribution in [-0.4, -0.2) is 5.16 Å². The van der Waals surface area contributed by atoms with E-state index in [1.807, 2.05) is 25.1 Å². The van der Waals surface area contributed by atoms with Gasteiger partial charge in [0.25, 0.3) is 0 Å². The Bertz CT molecular complexity index is 408. The molecule has 0 spiro atoms. The lowest BCUT2D eigenvalue weighted by molar-refractivity contribution is 0.449. The van der Waals surface area contributed by atoms with Crippen molar-refractivity contribution in [3.05, 3.63) is 29.5 Å². The summed E-state index contributed by atoms with van der Waals surface area (Å²) < 4.78 is 5.06. The summed E-state index contributed by atoms with van der Waals surface area (Å²) in [5.74, 6) is 0.399. The Balaban J connectivity index is 2.75. The molecule has 12 heavy (non-hydrogen) atoms. The van der Waals surface area contributed by atoms with Gasteiger partial charge in [-0.05, 0) is 19.1 Å². The number of fused-ring (bicyclic) bond motifs is 1. The average Bonchev–Trinajstić information content (AvgIpc) is 2.46. The zero-order valence-corrected chi connectivity index (χ0v) is 7.43. The number of benzene rings is 1. The van der Waals surface area contributed by atoms with Crippen molar-refractivity contribution >= 4 is 22.6 Å². The summed E-state index contributed by atoms with van der Waals surface area (Å²) in [6, 6.07) is 5.93. The van der Waals surface area contributed by atoms with Gasteiger partial charge in [-0.2, -0.15) is 0 Å². The van der Waals surface area contributed by atoms with Crippen LogP contribution in [0.25, 0.3) is 11.0 Å². The molecule has 0 aliphatic rings. The molecule has 0 fully saturated rings. The van der Waals surface area contributed by atoms with Crippen molar-refractivity contribution in [3.8, 4) is 0 Å². The highest BCUT2D eigenvalue weighted by atomic mass is 35.5. The molecule has 0 amide bonds. The van der Waals surface area contributed by atoms with Gasteiger partial charge in [-0.15, -0.1) is 11.6 Å². The lowest BCUT2D eigenvalue weighted by Crippen LogP contribution is -1.77. The van der Waals surface area contributed by atoms with E-state index in [-0.39, 0.29) is 0 Å². The highest BCUT2D eigenvalue weighted by molar-refractivity contribution is 6.17. The molecule has 0 saturated heterocycles. The predicted octanol–water partition coefficient (Wildman–Crippen LogP) is 2.88. The van der Waals surface area contributed by atoms with Gasteiger partial charge in [0.1, 0.15) is 5.69 Å². The summed E-state index contributed by atoms with van der Waals surface area (Å²) in [6.07, 6.45) is 0. The topological polar surface area (TPSA) is 26.0 Å². The molecule has 2 rings (SSSR count). The molecule has 2 nitrogen and oxygen atoms in total. The van der Waals surface area contributed by atoms with Gasteiger partial charge in [0.05, 0.1) is 5.88 Å². The molecule has 0 atom stereocenters. The molecule has 0 aliphatic carbocycles. The highest BCUT2D eigenvalue weighted by Gasteiger charge is 2.05. The van der Waals surface area contributed by atoms with Gasteiger partial charge in [-0.3, -0.25) is 0 Å². The molecule has 1 heterocycles. The molecule has 0 unspecified atom stereocenters. The molecule has 0 radical (unpaired) electrons. The molecule has 0 aliphatic heterocycles. The van der Waals surface area contributed by atoms with Gasteiger partial charge in [-0.1, -0.05) is 16.8 Å². The van der Waals surface area contributed by atoms with Crippen LogP contribution in [0.3, 0.4) is 0 Å². The Labute approximate surface area is 75.1 Å². The molecule has 3 heteroatoms. The minimum absolute atomic E-state index is 0.399. The van der Waals surface area contributed by atoms with E-state index in [4.69, 9.17) is 16.1 Å². The second kappa shape index (κ2) is 2.79. The normalized spacial score (nSPS) is 10.8. The van der Waals surface area contributed by atoms with Crippen LogP contribution in [0.1, 0.15) is 11.3 Å². The van der Waals surface area contributed by atoms with Gasteiger partial charge >= 0.3 is 0 Å². The Morgan fingerprint density at radius 2 is 2.33 bits per heavy atom. The Hall–Kier alpha value is -1.02. The van der Waals surface area contributed by atoms with Gasteiger partial charge in [0.15, 0.2) is 5.58 Å². The fraction of sp³-hybridized carbons (Fsp3) is 0.222. The summed E-state index contributed by atoms with van der Waals surface area (Å²) in [7, 11) is 0.